The molecule has 0 atom stereocenters. The quantitative estimate of drug-likeness (QED) is 0.402. The second-order valence-corrected chi connectivity index (χ2v) is 2.72. The maximum atomic E-state index is 11.8. The lowest BCUT2D eigenvalue weighted by Gasteiger charge is -2.11. The molecule has 0 amide bonds. The molecule has 15 heavy (non-hydrogen) atoms. The highest BCUT2D eigenvalue weighted by molar-refractivity contribution is 5.61. The Kier molecular flexibility index (Phi) is 4.87. The zero-order chi connectivity index (χ0) is 12.1. The standard InChI is InChI=1S/C8H9F6N/c1-2-3-4-15-5-6(7(9,10)11)8(12,13)14/h2-4H2,1H3. The largest absolute Gasteiger partial charge is 0.430 e. The summed E-state index contributed by atoms with van der Waals surface area (Å²) in [5.41, 5.74) is -2.69. The number of aliphatic imine (C=N–C) groups is 1. The molecule has 0 aliphatic carbocycles. The molecule has 88 valence electrons. The van der Waals surface area contributed by atoms with E-state index in [1.165, 1.54) is 0 Å². The van der Waals surface area contributed by atoms with Crippen LogP contribution in [-0.2, 0) is 0 Å². The van der Waals surface area contributed by atoms with Crippen LogP contribution in [0.3, 0.4) is 0 Å². The molecule has 0 heterocycles. The number of hydrogen-bond acceptors (Lipinski definition) is 1. The lowest BCUT2D eigenvalue weighted by molar-refractivity contribution is -0.169. The molecule has 0 saturated heterocycles. The van der Waals surface area contributed by atoms with Crippen LogP contribution in [0.5, 0.6) is 0 Å². The fourth-order valence-corrected chi connectivity index (χ4v) is 0.660. The lowest BCUT2D eigenvalue weighted by Crippen LogP contribution is -2.26. The second kappa shape index (κ2) is 5.21. The van der Waals surface area contributed by atoms with Crippen LogP contribution >= 0.6 is 0 Å². The van der Waals surface area contributed by atoms with Gasteiger partial charge in [0.25, 0.3) is 0 Å². The van der Waals surface area contributed by atoms with E-state index in [1.807, 2.05) is 0 Å². The molecule has 0 saturated carbocycles. The third-order valence-electron chi connectivity index (χ3n) is 1.38. The van der Waals surface area contributed by atoms with Gasteiger partial charge in [-0.1, -0.05) is 13.3 Å². The molecule has 0 rings (SSSR count). The fraction of sp³-hybridized carbons (Fsp3) is 0.750. The molecule has 0 fully saturated rings. The predicted molar refractivity (Wildman–Crippen MR) is 42.8 cm³/mol. The van der Waals surface area contributed by atoms with E-state index in [0.29, 0.717) is 12.8 Å². The average molecular weight is 233 g/mol. The topological polar surface area (TPSA) is 12.4 Å². The molecular formula is C8H9F6N. The van der Waals surface area contributed by atoms with Gasteiger partial charge in [-0.3, -0.25) is 0 Å². The maximum absolute atomic E-state index is 11.8. The van der Waals surface area contributed by atoms with Crippen LogP contribution in [0.1, 0.15) is 19.8 Å². The van der Waals surface area contributed by atoms with E-state index in [1.54, 1.807) is 6.92 Å². The van der Waals surface area contributed by atoms with Crippen molar-refractivity contribution in [3.05, 3.63) is 5.57 Å². The van der Waals surface area contributed by atoms with Gasteiger partial charge in [0.15, 0.2) is 5.57 Å². The molecule has 0 spiro atoms. The second-order valence-electron chi connectivity index (χ2n) is 2.72. The number of halogens is 6. The normalized spacial score (nSPS) is 12.2. The van der Waals surface area contributed by atoms with Crippen molar-refractivity contribution in [2.45, 2.75) is 32.1 Å². The Morgan fingerprint density at radius 2 is 1.53 bits per heavy atom. The molecular weight excluding hydrogens is 224 g/mol. The molecule has 0 aromatic rings. The third-order valence-corrected chi connectivity index (χ3v) is 1.38. The van der Waals surface area contributed by atoms with E-state index in [2.05, 4.69) is 4.99 Å². The van der Waals surface area contributed by atoms with Crippen LogP contribution in [0.2, 0.25) is 0 Å². The first kappa shape index (κ1) is 14.0. The molecule has 0 radical (unpaired) electrons. The molecule has 0 aromatic heterocycles. The average Bonchev–Trinajstić information content (AvgIpc) is 1.99. The highest BCUT2D eigenvalue weighted by Crippen LogP contribution is 2.36. The summed E-state index contributed by atoms with van der Waals surface area (Å²) in [6, 6.07) is 0. The van der Waals surface area contributed by atoms with Gasteiger partial charge in [0, 0.05) is 6.54 Å². The van der Waals surface area contributed by atoms with Crippen LogP contribution in [-0.4, -0.2) is 24.8 Å². The Hall–Kier alpha value is -0.970. The van der Waals surface area contributed by atoms with Gasteiger partial charge in [-0.15, -0.1) is 0 Å². The molecule has 0 aromatic carbocycles. The van der Waals surface area contributed by atoms with Crippen LogP contribution in [0.15, 0.2) is 10.6 Å². The summed E-state index contributed by atoms with van der Waals surface area (Å²) < 4.78 is 71.1. The number of nitrogens with zero attached hydrogens (tertiary/aromatic N) is 1. The molecule has 1 nitrogen and oxygen atoms in total. The summed E-state index contributed by atoms with van der Waals surface area (Å²) in [7, 11) is 0. The van der Waals surface area contributed by atoms with Crippen molar-refractivity contribution in [2.75, 3.05) is 6.54 Å². The molecule has 0 unspecified atom stereocenters. The van der Waals surface area contributed by atoms with E-state index in [0.717, 1.165) is 5.87 Å². The Morgan fingerprint density at radius 3 is 1.87 bits per heavy atom. The number of alkyl halides is 6. The number of allylic oxidation sites excluding steroid dienone is 1. The van der Waals surface area contributed by atoms with E-state index in [9.17, 15) is 26.3 Å². The first-order valence-corrected chi connectivity index (χ1v) is 4.13. The first-order valence-electron chi connectivity index (χ1n) is 4.13. The van der Waals surface area contributed by atoms with Crippen molar-refractivity contribution in [3.8, 4) is 0 Å². The van der Waals surface area contributed by atoms with Crippen LogP contribution in [0.4, 0.5) is 26.3 Å². The van der Waals surface area contributed by atoms with Gasteiger partial charge in [0.1, 0.15) is 0 Å². The van der Waals surface area contributed by atoms with E-state index in [-0.39, 0.29) is 6.54 Å². The molecule has 0 bridgehead atoms. The SMILES string of the molecule is CCCCN=C=C(C(F)(F)F)C(F)(F)F. The van der Waals surface area contributed by atoms with Gasteiger partial charge in [-0.2, -0.15) is 26.3 Å². The van der Waals surface area contributed by atoms with E-state index in [4.69, 9.17) is 0 Å². The minimum Gasteiger partial charge on any atom is -0.243 e. The van der Waals surface area contributed by atoms with Gasteiger partial charge in [0.05, 0.1) is 0 Å². The van der Waals surface area contributed by atoms with Crippen molar-refractivity contribution in [3.63, 3.8) is 0 Å². The van der Waals surface area contributed by atoms with Gasteiger partial charge in [-0.05, 0) is 12.3 Å². The summed E-state index contributed by atoms with van der Waals surface area (Å²) in [6.07, 6.45) is -9.86. The number of hydrogen-bond donors (Lipinski definition) is 0. The predicted octanol–water partition coefficient (Wildman–Crippen LogP) is 3.51. The minimum atomic E-state index is -5.46. The van der Waals surface area contributed by atoms with E-state index >= 15 is 0 Å². The minimum absolute atomic E-state index is 0.0911. The Balaban J connectivity index is 4.89. The van der Waals surface area contributed by atoms with Crippen LogP contribution in [0, 0.1) is 0 Å². The molecule has 7 heteroatoms. The van der Waals surface area contributed by atoms with Crippen LogP contribution in [0.25, 0.3) is 0 Å². The van der Waals surface area contributed by atoms with Gasteiger partial charge >= 0.3 is 12.4 Å². The molecule has 0 aliphatic heterocycles. The zero-order valence-electron chi connectivity index (χ0n) is 7.84. The monoisotopic (exact) mass is 233 g/mol. The summed E-state index contributed by atoms with van der Waals surface area (Å²) in [5, 5.41) is 0. The summed E-state index contributed by atoms with van der Waals surface area (Å²) in [4.78, 5) is 2.97. The zero-order valence-corrected chi connectivity index (χ0v) is 7.84. The maximum Gasteiger partial charge on any atom is 0.430 e. The summed E-state index contributed by atoms with van der Waals surface area (Å²) in [6.45, 7) is 1.65. The lowest BCUT2D eigenvalue weighted by atomic mass is 10.3. The van der Waals surface area contributed by atoms with Crippen molar-refractivity contribution < 1.29 is 26.3 Å². The van der Waals surface area contributed by atoms with Crippen molar-refractivity contribution in [2.24, 2.45) is 4.99 Å². The van der Waals surface area contributed by atoms with Crippen molar-refractivity contribution >= 4 is 5.87 Å². The Labute approximate surface area is 82.5 Å². The van der Waals surface area contributed by atoms with Gasteiger partial charge in [-0.25, -0.2) is 4.99 Å². The van der Waals surface area contributed by atoms with Crippen molar-refractivity contribution in [1.29, 1.82) is 0 Å². The Morgan fingerprint density at radius 1 is 1.07 bits per heavy atom. The molecule has 0 N–H and O–H groups in total. The van der Waals surface area contributed by atoms with Crippen molar-refractivity contribution in [1.82, 2.24) is 0 Å². The van der Waals surface area contributed by atoms with Gasteiger partial charge in [0.2, 0.25) is 0 Å². The molecule has 0 aliphatic rings. The smallest absolute Gasteiger partial charge is 0.243 e. The summed E-state index contributed by atoms with van der Waals surface area (Å²) >= 11 is 0. The Bertz CT molecular complexity index is 239. The number of rotatable bonds is 3. The first-order chi connectivity index (χ1) is 6.69. The third kappa shape index (κ3) is 5.47. The van der Waals surface area contributed by atoms with E-state index < -0.39 is 17.9 Å². The highest BCUT2D eigenvalue weighted by atomic mass is 19.4. The summed E-state index contributed by atoms with van der Waals surface area (Å²) in [5.74, 6) is 1.03. The fourth-order valence-electron chi connectivity index (χ4n) is 0.660. The number of unbranched alkanes of at least 4 members (excludes halogenated alkanes) is 1. The van der Waals surface area contributed by atoms with Crippen LogP contribution < -0.4 is 0 Å². The van der Waals surface area contributed by atoms with Gasteiger partial charge < -0.3 is 0 Å². The highest BCUT2D eigenvalue weighted by Gasteiger charge is 2.51.